The summed E-state index contributed by atoms with van der Waals surface area (Å²) in [5.74, 6) is 0. The van der Waals surface area contributed by atoms with Crippen molar-refractivity contribution in [2.75, 3.05) is 0 Å². The van der Waals surface area contributed by atoms with Crippen LogP contribution in [0, 0.1) is 0 Å². The van der Waals surface area contributed by atoms with Gasteiger partial charge in [-0.25, -0.2) is 0 Å². The summed E-state index contributed by atoms with van der Waals surface area (Å²) < 4.78 is 64.3. The molecule has 0 aromatic carbocycles. The van der Waals surface area contributed by atoms with Crippen LogP contribution >= 0.6 is 0 Å². The SMILES string of the molecule is CCCCCCC.FC(F)(F)NC(F)(F)F. The second-order valence-electron chi connectivity index (χ2n) is 3.18. The largest absolute Gasteiger partial charge is 0.464 e. The van der Waals surface area contributed by atoms with Crippen molar-refractivity contribution in [3.8, 4) is 0 Å². The van der Waals surface area contributed by atoms with Crippen LogP contribution in [0.2, 0.25) is 0 Å². The molecule has 0 aromatic rings. The van der Waals surface area contributed by atoms with Gasteiger partial charge in [0.1, 0.15) is 0 Å². The highest BCUT2D eigenvalue weighted by Gasteiger charge is 2.42. The zero-order valence-corrected chi connectivity index (χ0v) is 9.30. The topological polar surface area (TPSA) is 12.0 Å². The summed E-state index contributed by atoms with van der Waals surface area (Å²) in [5.41, 5.74) is 0. The van der Waals surface area contributed by atoms with E-state index >= 15 is 0 Å². The van der Waals surface area contributed by atoms with E-state index in [1.165, 1.54) is 32.1 Å². The molecule has 0 heterocycles. The summed E-state index contributed by atoms with van der Waals surface area (Å²) >= 11 is 0. The van der Waals surface area contributed by atoms with Crippen molar-refractivity contribution in [3.63, 3.8) is 0 Å². The summed E-state index contributed by atoms with van der Waals surface area (Å²) in [6.07, 6.45) is -3.77. The molecule has 0 aliphatic rings. The molecule has 16 heavy (non-hydrogen) atoms. The summed E-state index contributed by atoms with van der Waals surface area (Å²) in [4.78, 5) is 0. The minimum absolute atomic E-state index is 0.542. The quantitative estimate of drug-likeness (QED) is 0.439. The summed E-state index contributed by atoms with van der Waals surface area (Å²) in [7, 11) is 0. The van der Waals surface area contributed by atoms with Crippen molar-refractivity contribution in [1.82, 2.24) is 5.32 Å². The fourth-order valence-corrected chi connectivity index (χ4v) is 0.837. The molecule has 1 N–H and O–H groups in total. The molecular weight excluding hydrogens is 236 g/mol. The smallest absolute Gasteiger partial charge is 0.155 e. The first-order valence-corrected chi connectivity index (χ1v) is 5.05. The van der Waals surface area contributed by atoms with Crippen LogP contribution in [0.5, 0.6) is 0 Å². The average molecular weight is 253 g/mol. The van der Waals surface area contributed by atoms with Crippen molar-refractivity contribution in [2.45, 2.75) is 58.6 Å². The molecule has 0 rings (SSSR count). The van der Waals surface area contributed by atoms with Crippen molar-refractivity contribution < 1.29 is 26.3 Å². The lowest BCUT2D eigenvalue weighted by atomic mass is 10.2. The molecule has 100 valence electrons. The summed E-state index contributed by atoms with van der Waals surface area (Å²) in [6.45, 7) is 4.49. The van der Waals surface area contributed by atoms with Crippen molar-refractivity contribution in [3.05, 3.63) is 0 Å². The van der Waals surface area contributed by atoms with Crippen molar-refractivity contribution in [1.29, 1.82) is 0 Å². The number of nitrogens with one attached hydrogen (secondary N) is 1. The Balaban J connectivity index is 0. The number of halogens is 6. The highest BCUT2D eigenvalue weighted by molar-refractivity contribution is 4.49. The Bertz CT molecular complexity index is 135. The lowest BCUT2D eigenvalue weighted by molar-refractivity contribution is -0.265. The molecule has 0 bridgehead atoms. The molecule has 1 nitrogen and oxygen atoms in total. The van der Waals surface area contributed by atoms with Gasteiger partial charge in [-0.2, -0.15) is 26.3 Å². The highest BCUT2D eigenvalue weighted by atomic mass is 19.4. The standard InChI is InChI=1S/C7H16.C2HF6N/c1-3-5-7-6-4-2;3-1(4,5)9-2(6,7)8/h3-7H2,1-2H3;9H. The lowest BCUT2D eigenvalue weighted by Gasteiger charge is -2.10. The number of unbranched alkanes of at least 4 members (excludes halogenated alkanes) is 4. The van der Waals surface area contributed by atoms with E-state index in [4.69, 9.17) is 0 Å². The zero-order chi connectivity index (χ0) is 13.2. The lowest BCUT2D eigenvalue weighted by Crippen LogP contribution is -2.42. The van der Waals surface area contributed by atoms with Gasteiger partial charge in [-0.05, 0) is 0 Å². The van der Waals surface area contributed by atoms with Gasteiger partial charge in [-0.1, -0.05) is 46.0 Å². The van der Waals surface area contributed by atoms with Gasteiger partial charge in [0.2, 0.25) is 0 Å². The van der Waals surface area contributed by atoms with Gasteiger partial charge >= 0.3 is 12.6 Å². The van der Waals surface area contributed by atoms with Gasteiger partial charge in [0, 0.05) is 0 Å². The number of alkyl halides is 6. The molecule has 0 aliphatic carbocycles. The van der Waals surface area contributed by atoms with Crippen LogP contribution < -0.4 is 5.32 Å². The average Bonchev–Trinajstić information content (AvgIpc) is 1.99. The molecule has 0 spiro atoms. The van der Waals surface area contributed by atoms with Gasteiger partial charge < -0.3 is 0 Å². The van der Waals surface area contributed by atoms with Crippen molar-refractivity contribution in [2.24, 2.45) is 0 Å². The third-order valence-corrected chi connectivity index (χ3v) is 1.49. The van der Waals surface area contributed by atoms with E-state index in [1.807, 2.05) is 0 Å². The van der Waals surface area contributed by atoms with Crippen LogP contribution in [-0.2, 0) is 0 Å². The molecular formula is C9H17F6N. The third kappa shape index (κ3) is 23.4. The Morgan fingerprint density at radius 1 is 0.688 bits per heavy atom. The predicted molar refractivity (Wildman–Crippen MR) is 49.7 cm³/mol. The Kier molecular flexibility index (Phi) is 9.70. The zero-order valence-electron chi connectivity index (χ0n) is 9.30. The van der Waals surface area contributed by atoms with Gasteiger partial charge in [-0.3, -0.25) is 0 Å². The van der Waals surface area contributed by atoms with Crippen LogP contribution in [0.3, 0.4) is 0 Å². The number of rotatable bonds is 4. The van der Waals surface area contributed by atoms with E-state index in [-0.39, 0.29) is 0 Å². The van der Waals surface area contributed by atoms with E-state index in [0.29, 0.717) is 0 Å². The molecule has 7 heteroatoms. The van der Waals surface area contributed by atoms with Gasteiger partial charge in [0.25, 0.3) is 0 Å². The molecule has 0 aliphatic heterocycles. The first-order chi connectivity index (χ1) is 7.12. The van der Waals surface area contributed by atoms with Gasteiger partial charge in [-0.15, -0.1) is 5.32 Å². The predicted octanol–water partition coefficient (Wildman–Crippen LogP) is 4.59. The Morgan fingerprint density at radius 3 is 1.12 bits per heavy atom. The van der Waals surface area contributed by atoms with Crippen LogP contribution in [0.15, 0.2) is 0 Å². The first kappa shape index (κ1) is 17.9. The van der Waals surface area contributed by atoms with Gasteiger partial charge in [0.15, 0.2) is 0 Å². The second-order valence-corrected chi connectivity index (χ2v) is 3.18. The summed E-state index contributed by atoms with van der Waals surface area (Å²) in [6, 6.07) is 0. The molecule has 0 fully saturated rings. The number of hydrogen-bond donors (Lipinski definition) is 1. The van der Waals surface area contributed by atoms with E-state index in [9.17, 15) is 26.3 Å². The molecule has 0 atom stereocenters. The van der Waals surface area contributed by atoms with Crippen LogP contribution in [0.4, 0.5) is 26.3 Å². The minimum Gasteiger partial charge on any atom is -0.155 e. The fourth-order valence-electron chi connectivity index (χ4n) is 0.837. The second kappa shape index (κ2) is 8.66. The maximum absolute atomic E-state index is 10.7. The molecule has 0 radical (unpaired) electrons. The maximum Gasteiger partial charge on any atom is 0.464 e. The fraction of sp³-hybridized carbons (Fsp3) is 1.00. The molecule has 0 unspecified atom stereocenters. The summed E-state index contributed by atoms with van der Waals surface area (Å²) in [5, 5.41) is -0.542. The van der Waals surface area contributed by atoms with E-state index in [0.717, 1.165) is 0 Å². The Hall–Kier alpha value is -0.460. The first-order valence-electron chi connectivity index (χ1n) is 5.05. The van der Waals surface area contributed by atoms with Crippen LogP contribution in [-0.4, -0.2) is 12.6 Å². The van der Waals surface area contributed by atoms with Crippen molar-refractivity contribution >= 4 is 0 Å². The number of hydrogen-bond acceptors (Lipinski definition) is 1. The minimum atomic E-state index is -5.39. The molecule has 0 saturated heterocycles. The third-order valence-electron chi connectivity index (χ3n) is 1.49. The van der Waals surface area contributed by atoms with E-state index in [2.05, 4.69) is 13.8 Å². The Labute approximate surface area is 91.2 Å². The molecule has 0 saturated carbocycles. The van der Waals surface area contributed by atoms with E-state index in [1.54, 1.807) is 0 Å². The highest BCUT2D eigenvalue weighted by Crippen LogP contribution is 2.19. The monoisotopic (exact) mass is 253 g/mol. The Morgan fingerprint density at radius 2 is 1.00 bits per heavy atom. The maximum atomic E-state index is 10.7. The molecule has 0 amide bonds. The normalized spacial score (nSPS) is 12.0. The van der Waals surface area contributed by atoms with Crippen LogP contribution in [0.25, 0.3) is 0 Å². The molecule has 0 aromatic heterocycles. The van der Waals surface area contributed by atoms with Gasteiger partial charge in [0.05, 0.1) is 0 Å². The van der Waals surface area contributed by atoms with E-state index < -0.39 is 17.9 Å². The van der Waals surface area contributed by atoms with Crippen LogP contribution in [0.1, 0.15) is 46.0 Å².